The van der Waals surface area contributed by atoms with E-state index in [4.69, 9.17) is 0 Å². The van der Waals surface area contributed by atoms with Gasteiger partial charge in [-0.3, -0.25) is 5.32 Å². The van der Waals surface area contributed by atoms with Crippen LogP contribution in [0.4, 0.5) is 0 Å². The van der Waals surface area contributed by atoms with Gasteiger partial charge in [-0.2, -0.15) is 5.26 Å². The molecule has 0 aromatic carbocycles. The summed E-state index contributed by atoms with van der Waals surface area (Å²) in [6.07, 6.45) is 4.09. The Morgan fingerprint density at radius 2 is 1.68 bits per heavy atom. The zero-order chi connectivity index (χ0) is 14.7. The standard InChI is InChI=1S/C15H32N4/c1-6-15(14-16,17-7-2)10-8-12-19(5)13-9-11-18(3)4/h17H,6-13H2,1-5H3. The molecule has 0 saturated carbocycles. The van der Waals surface area contributed by atoms with Crippen LogP contribution in [-0.4, -0.2) is 62.7 Å². The topological polar surface area (TPSA) is 42.3 Å². The van der Waals surface area contributed by atoms with Crippen molar-refractivity contribution in [3.63, 3.8) is 0 Å². The zero-order valence-electron chi connectivity index (χ0n) is 13.5. The number of nitrogens with one attached hydrogen (secondary N) is 1. The largest absolute Gasteiger partial charge is 0.309 e. The molecule has 0 spiro atoms. The minimum absolute atomic E-state index is 0.320. The van der Waals surface area contributed by atoms with Gasteiger partial charge in [0.05, 0.1) is 6.07 Å². The molecule has 0 radical (unpaired) electrons. The van der Waals surface area contributed by atoms with Crippen LogP contribution in [0, 0.1) is 11.3 Å². The molecule has 1 atom stereocenters. The minimum Gasteiger partial charge on any atom is -0.309 e. The Hall–Kier alpha value is -0.630. The second-order valence-corrected chi connectivity index (χ2v) is 5.64. The van der Waals surface area contributed by atoms with Crippen molar-refractivity contribution < 1.29 is 0 Å². The van der Waals surface area contributed by atoms with Crippen LogP contribution < -0.4 is 5.32 Å². The predicted molar refractivity (Wildman–Crippen MR) is 82.2 cm³/mol. The van der Waals surface area contributed by atoms with Crippen molar-refractivity contribution in [2.75, 3.05) is 47.3 Å². The van der Waals surface area contributed by atoms with Crippen LogP contribution in [0.5, 0.6) is 0 Å². The van der Waals surface area contributed by atoms with Crippen LogP contribution in [-0.2, 0) is 0 Å². The minimum atomic E-state index is -0.320. The maximum absolute atomic E-state index is 9.34. The van der Waals surface area contributed by atoms with Crippen molar-refractivity contribution in [3.8, 4) is 6.07 Å². The van der Waals surface area contributed by atoms with Gasteiger partial charge in [-0.25, -0.2) is 0 Å². The first kappa shape index (κ1) is 18.4. The van der Waals surface area contributed by atoms with Gasteiger partial charge in [0.2, 0.25) is 0 Å². The van der Waals surface area contributed by atoms with Crippen molar-refractivity contribution in [1.29, 1.82) is 5.26 Å². The average molecular weight is 268 g/mol. The van der Waals surface area contributed by atoms with Crippen molar-refractivity contribution in [2.45, 2.75) is 45.1 Å². The van der Waals surface area contributed by atoms with Gasteiger partial charge in [0.15, 0.2) is 0 Å². The summed E-state index contributed by atoms with van der Waals surface area (Å²) < 4.78 is 0. The van der Waals surface area contributed by atoms with Crippen molar-refractivity contribution in [1.82, 2.24) is 15.1 Å². The summed E-state index contributed by atoms with van der Waals surface area (Å²) in [6, 6.07) is 2.46. The molecule has 0 aromatic heterocycles. The SMILES string of the molecule is CCNC(C#N)(CC)CCCN(C)CCCN(C)C. The average Bonchev–Trinajstić information content (AvgIpc) is 2.37. The summed E-state index contributed by atoms with van der Waals surface area (Å²) in [6.45, 7) is 8.36. The molecule has 0 aliphatic heterocycles. The Bertz CT molecular complexity index is 259. The molecule has 4 heteroatoms. The van der Waals surface area contributed by atoms with Gasteiger partial charge in [-0.05, 0) is 73.0 Å². The van der Waals surface area contributed by atoms with Crippen molar-refractivity contribution >= 4 is 0 Å². The lowest BCUT2D eigenvalue weighted by atomic mass is 9.92. The summed E-state index contributed by atoms with van der Waals surface area (Å²) in [4.78, 5) is 4.59. The lowest BCUT2D eigenvalue weighted by molar-refractivity contribution is 0.278. The number of nitriles is 1. The maximum atomic E-state index is 9.34. The highest BCUT2D eigenvalue weighted by atomic mass is 15.1. The van der Waals surface area contributed by atoms with Crippen LogP contribution >= 0.6 is 0 Å². The highest BCUT2D eigenvalue weighted by molar-refractivity contribution is 5.05. The molecule has 0 aromatic rings. The van der Waals surface area contributed by atoms with Gasteiger partial charge in [0.25, 0.3) is 0 Å². The molecule has 0 fully saturated rings. The van der Waals surface area contributed by atoms with Gasteiger partial charge in [-0.1, -0.05) is 13.8 Å². The van der Waals surface area contributed by atoms with Gasteiger partial charge in [0.1, 0.15) is 5.54 Å². The first-order chi connectivity index (χ1) is 8.99. The summed E-state index contributed by atoms with van der Waals surface area (Å²) in [5, 5.41) is 12.7. The molecule has 1 unspecified atom stereocenters. The third-order valence-corrected chi connectivity index (χ3v) is 3.62. The van der Waals surface area contributed by atoms with Crippen LogP contribution in [0.1, 0.15) is 39.5 Å². The monoisotopic (exact) mass is 268 g/mol. The van der Waals surface area contributed by atoms with E-state index in [9.17, 15) is 5.26 Å². The van der Waals surface area contributed by atoms with Crippen LogP contribution in [0.15, 0.2) is 0 Å². The normalized spacial score (nSPS) is 14.6. The summed E-state index contributed by atoms with van der Waals surface area (Å²) in [7, 11) is 6.39. The molecular formula is C15H32N4. The molecule has 4 nitrogen and oxygen atoms in total. The third kappa shape index (κ3) is 8.20. The van der Waals surface area contributed by atoms with E-state index >= 15 is 0 Å². The first-order valence-corrected chi connectivity index (χ1v) is 7.49. The lowest BCUT2D eigenvalue weighted by Gasteiger charge is -2.27. The van der Waals surface area contributed by atoms with Crippen molar-refractivity contribution in [2.24, 2.45) is 0 Å². The van der Waals surface area contributed by atoms with E-state index in [-0.39, 0.29) is 5.54 Å². The molecule has 1 N–H and O–H groups in total. The summed E-state index contributed by atoms with van der Waals surface area (Å²) >= 11 is 0. The predicted octanol–water partition coefficient (Wildman–Crippen LogP) is 1.93. The Morgan fingerprint density at radius 3 is 2.16 bits per heavy atom. The molecule has 0 aliphatic carbocycles. The van der Waals surface area contributed by atoms with Crippen molar-refractivity contribution in [3.05, 3.63) is 0 Å². The van der Waals surface area contributed by atoms with E-state index in [0.717, 1.165) is 45.4 Å². The second kappa shape index (κ2) is 10.2. The molecule has 0 amide bonds. The molecule has 0 heterocycles. The van der Waals surface area contributed by atoms with Crippen LogP contribution in [0.25, 0.3) is 0 Å². The Kier molecular flexibility index (Phi) is 9.85. The summed E-state index contributed by atoms with van der Waals surface area (Å²) in [5.41, 5.74) is -0.320. The molecule has 112 valence electrons. The smallest absolute Gasteiger partial charge is 0.106 e. The van der Waals surface area contributed by atoms with E-state index < -0.39 is 0 Å². The van der Waals surface area contributed by atoms with Gasteiger partial charge >= 0.3 is 0 Å². The van der Waals surface area contributed by atoms with E-state index in [1.54, 1.807) is 0 Å². The number of rotatable bonds is 11. The lowest BCUT2D eigenvalue weighted by Crippen LogP contribution is -2.43. The fraction of sp³-hybridized carbons (Fsp3) is 0.933. The Balaban J connectivity index is 3.89. The van der Waals surface area contributed by atoms with E-state index in [0.29, 0.717) is 0 Å². The molecule has 0 saturated heterocycles. The highest BCUT2D eigenvalue weighted by Gasteiger charge is 2.25. The highest BCUT2D eigenvalue weighted by Crippen LogP contribution is 2.16. The molecule has 19 heavy (non-hydrogen) atoms. The van der Waals surface area contributed by atoms with Gasteiger partial charge in [-0.15, -0.1) is 0 Å². The molecule has 0 aliphatic rings. The van der Waals surface area contributed by atoms with E-state index in [1.807, 2.05) is 0 Å². The number of hydrogen-bond acceptors (Lipinski definition) is 4. The third-order valence-electron chi connectivity index (χ3n) is 3.62. The molecule has 0 bridgehead atoms. The maximum Gasteiger partial charge on any atom is 0.106 e. The van der Waals surface area contributed by atoms with Crippen LogP contribution in [0.2, 0.25) is 0 Å². The molecule has 0 rings (SSSR count). The number of nitrogens with zero attached hydrogens (tertiary/aromatic N) is 3. The molecular weight excluding hydrogens is 236 g/mol. The first-order valence-electron chi connectivity index (χ1n) is 7.49. The van der Waals surface area contributed by atoms with E-state index in [1.165, 1.54) is 6.42 Å². The quantitative estimate of drug-likeness (QED) is 0.622. The number of hydrogen-bond donors (Lipinski definition) is 1. The summed E-state index contributed by atoms with van der Waals surface area (Å²) in [5.74, 6) is 0. The second-order valence-electron chi connectivity index (χ2n) is 5.64. The fourth-order valence-electron chi connectivity index (χ4n) is 2.32. The van der Waals surface area contributed by atoms with Crippen LogP contribution in [0.3, 0.4) is 0 Å². The van der Waals surface area contributed by atoms with Gasteiger partial charge < -0.3 is 9.80 Å². The Morgan fingerprint density at radius 1 is 1.05 bits per heavy atom. The fourth-order valence-corrected chi connectivity index (χ4v) is 2.32. The zero-order valence-corrected chi connectivity index (χ0v) is 13.5. The van der Waals surface area contributed by atoms with E-state index in [2.05, 4.69) is 56.2 Å². The Labute approximate surface area is 119 Å². The van der Waals surface area contributed by atoms with Gasteiger partial charge in [0, 0.05) is 0 Å².